The quantitative estimate of drug-likeness (QED) is 0.777. The van der Waals surface area contributed by atoms with Crippen LogP contribution in [0.5, 0.6) is 0 Å². The molecule has 0 bridgehead atoms. The van der Waals surface area contributed by atoms with Crippen LogP contribution in [-0.4, -0.2) is 20.8 Å². The minimum Gasteiger partial charge on any atom is -0.464 e. The van der Waals surface area contributed by atoms with Gasteiger partial charge in [-0.1, -0.05) is 13.8 Å². The molecule has 0 saturated heterocycles. The molecule has 0 spiro atoms. The van der Waals surface area contributed by atoms with Crippen molar-refractivity contribution in [2.24, 2.45) is 5.92 Å². The molecule has 13 heavy (non-hydrogen) atoms. The van der Waals surface area contributed by atoms with Gasteiger partial charge in [0.15, 0.2) is 0 Å². The lowest BCUT2D eigenvalue weighted by atomic mass is 10.1. The van der Waals surface area contributed by atoms with Crippen LogP contribution in [0.4, 0.5) is 4.79 Å². The molecule has 0 aromatic carbocycles. The molecule has 72 valence electrons. The van der Waals surface area contributed by atoms with Gasteiger partial charge in [-0.3, -0.25) is 0 Å². The van der Waals surface area contributed by atoms with Gasteiger partial charge in [-0.05, 0) is 12.3 Å². The van der Waals surface area contributed by atoms with E-state index in [0.29, 0.717) is 11.7 Å². The van der Waals surface area contributed by atoms with Crippen LogP contribution >= 0.6 is 0 Å². The molecule has 4 nitrogen and oxygen atoms in total. The lowest BCUT2D eigenvalue weighted by Crippen LogP contribution is -2.11. The molecule has 0 unspecified atom stereocenters. The van der Waals surface area contributed by atoms with Crippen LogP contribution in [-0.2, 0) is 6.42 Å². The van der Waals surface area contributed by atoms with E-state index in [4.69, 9.17) is 5.11 Å². The second kappa shape index (κ2) is 4.07. The van der Waals surface area contributed by atoms with E-state index >= 15 is 0 Å². The Bertz CT molecular complexity index is 292. The van der Waals surface area contributed by atoms with Crippen molar-refractivity contribution in [3.63, 3.8) is 0 Å². The molecule has 4 heteroatoms. The Morgan fingerprint density at radius 1 is 1.69 bits per heavy atom. The first kappa shape index (κ1) is 9.77. The number of carbonyl (C=O) groups is 1. The van der Waals surface area contributed by atoms with E-state index in [2.05, 4.69) is 18.8 Å². The molecule has 1 heterocycles. The molecule has 0 aliphatic rings. The van der Waals surface area contributed by atoms with Gasteiger partial charge in [0.25, 0.3) is 0 Å². The maximum Gasteiger partial charge on any atom is 0.416 e. The SMILES string of the molecule is CC(C)CCc1nccn1C(=O)O. The molecule has 0 amide bonds. The Labute approximate surface area is 77.2 Å². The molecular formula is C9H14N2O2. The molecular weight excluding hydrogens is 168 g/mol. The number of carboxylic acid groups (broad SMARTS) is 1. The van der Waals surface area contributed by atoms with Gasteiger partial charge in [-0.15, -0.1) is 0 Å². The molecule has 0 aliphatic carbocycles. The van der Waals surface area contributed by atoms with Gasteiger partial charge >= 0.3 is 6.09 Å². The maximum atomic E-state index is 10.7. The van der Waals surface area contributed by atoms with Gasteiger partial charge in [0.1, 0.15) is 5.82 Å². The van der Waals surface area contributed by atoms with Gasteiger partial charge in [-0.2, -0.15) is 0 Å². The summed E-state index contributed by atoms with van der Waals surface area (Å²) in [6.07, 6.45) is 3.71. The van der Waals surface area contributed by atoms with E-state index in [-0.39, 0.29) is 0 Å². The smallest absolute Gasteiger partial charge is 0.416 e. The molecule has 1 aromatic heterocycles. The van der Waals surface area contributed by atoms with Crippen LogP contribution in [0.1, 0.15) is 26.1 Å². The highest BCUT2D eigenvalue weighted by molar-refractivity contribution is 5.68. The molecule has 0 radical (unpaired) electrons. The van der Waals surface area contributed by atoms with Gasteiger partial charge in [-0.25, -0.2) is 14.3 Å². The van der Waals surface area contributed by atoms with Crippen molar-refractivity contribution in [2.45, 2.75) is 26.7 Å². The maximum absolute atomic E-state index is 10.7. The molecule has 1 rings (SSSR count). The van der Waals surface area contributed by atoms with Crippen molar-refractivity contribution in [2.75, 3.05) is 0 Å². The first-order chi connectivity index (χ1) is 6.11. The summed E-state index contributed by atoms with van der Waals surface area (Å²) in [6.45, 7) is 4.21. The minimum atomic E-state index is -0.962. The predicted octanol–water partition coefficient (Wildman–Crippen LogP) is 2.00. The predicted molar refractivity (Wildman–Crippen MR) is 48.8 cm³/mol. The van der Waals surface area contributed by atoms with Gasteiger partial charge in [0.05, 0.1) is 0 Å². The zero-order valence-corrected chi connectivity index (χ0v) is 7.90. The number of hydrogen-bond donors (Lipinski definition) is 1. The van der Waals surface area contributed by atoms with Crippen LogP contribution in [0.25, 0.3) is 0 Å². The Morgan fingerprint density at radius 3 is 2.92 bits per heavy atom. The second-order valence-corrected chi connectivity index (χ2v) is 3.43. The standard InChI is InChI=1S/C9H14N2O2/c1-7(2)3-4-8-10-5-6-11(8)9(12)13/h5-7H,3-4H2,1-2H3,(H,12,13). The average Bonchev–Trinajstić information content (AvgIpc) is 2.47. The fourth-order valence-electron chi connectivity index (χ4n) is 1.11. The van der Waals surface area contributed by atoms with E-state index in [0.717, 1.165) is 12.8 Å². The van der Waals surface area contributed by atoms with E-state index in [1.165, 1.54) is 17.0 Å². The minimum absolute atomic E-state index is 0.568. The fraction of sp³-hybridized carbons (Fsp3) is 0.556. The Kier molecular flexibility index (Phi) is 3.06. The Morgan fingerprint density at radius 2 is 2.38 bits per heavy atom. The van der Waals surface area contributed by atoms with Crippen LogP contribution < -0.4 is 0 Å². The summed E-state index contributed by atoms with van der Waals surface area (Å²) in [6, 6.07) is 0. The van der Waals surface area contributed by atoms with Gasteiger partial charge in [0.2, 0.25) is 0 Å². The summed E-state index contributed by atoms with van der Waals surface area (Å²) in [4.78, 5) is 14.6. The molecule has 1 N–H and O–H groups in total. The largest absolute Gasteiger partial charge is 0.464 e. The summed E-state index contributed by atoms with van der Waals surface area (Å²) in [5, 5.41) is 8.74. The highest BCUT2D eigenvalue weighted by atomic mass is 16.4. The van der Waals surface area contributed by atoms with Crippen LogP contribution in [0, 0.1) is 5.92 Å². The fourth-order valence-corrected chi connectivity index (χ4v) is 1.11. The van der Waals surface area contributed by atoms with Crippen LogP contribution in [0.2, 0.25) is 0 Å². The monoisotopic (exact) mass is 182 g/mol. The molecule has 0 saturated carbocycles. The summed E-state index contributed by atoms with van der Waals surface area (Å²) < 4.78 is 1.17. The summed E-state index contributed by atoms with van der Waals surface area (Å²) in [7, 11) is 0. The first-order valence-electron chi connectivity index (χ1n) is 4.36. The normalized spacial score (nSPS) is 10.7. The number of nitrogens with zero attached hydrogens (tertiary/aromatic N) is 2. The van der Waals surface area contributed by atoms with E-state index in [1.54, 1.807) is 0 Å². The summed E-state index contributed by atoms with van der Waals surface area (Å²) >= 11 is 0. The third-order valence-electron chi connectivity index (χ3n) is 1.87. The topological polar surface area (TPSA) is 55.1 Å². The van der Waals surface area contributed by atoms with Gasteiger partial charge < -0.3 is 5.11 Å². The molecule has 0 fully saturated rings. The third kappa shape index (κ3) is 2.57. The van der Waals surface area contributed by atoms with E-state index < -0.39 is 6.09 Å². The van der Waals surface area contributed by atoms with E-state index in [1.807, 2.05) is 0 Å². The molecule has 1 aromatic rings. The van der Waals surface area contributed by atoms with Crippen LogP contribution in [0.15, 0.2) is 12.4 Å². The Balaban J connectivity index is 2.65. The Hall–Kier alpha value is -1.32. The van der Waals surface area contributed by atoms with Crippen molar-refractivity contribution >= 4 is 6.09 Å². The average molecular weight is 182 g/mol. The lowest BCUT2D eigenvalue weighted by Gasteiger charge is -2.04. The van der Waals surface area contributed by atoms with Crippen LogP contribution in [0.3, 0.4) is 0 Å². The number of hydrogen-bond acceptors (Lipinski definition) is 2. The van der Waals surface area contributed by atoms with Crippen molar-refractivity contribution in [3.8, 4) is 0 Å². The highest BCUT2D eigenvalue weighted by Gasteiger charge is 2.08. The number of aryl methyl sites for hydroxylation is 1. The summed E-state index contributed by atoms with van der Waals surface area (Å²) in [5.41, 5.74) is 0. The zero-order chi connectivity index (χ0) is 9.84. The molecule has 0 atom stereocenters. The zero-order valence-electron chi connectivity index (χ0n) is 7.90. The number of imidazole rings is 1. The van der Waals surface area contributed by atoms with Crippen molar-refractivity contribution < 1.29 is 9.90 Å². The number of aromatic nitrogens is 2. The van der Waals surface area contributed by atoms with Crippen molar-refractivity contribution in [1.29, 1.82) is 0 Å². The third-order valence-corrected chi connectivity index (χ3v) is 1.87. The van der Waals surface area contributed by atoms with Crippen molar-refractivity contribution in [3.05, 3.63) is 18.2 Å². The highest BCUT2D eigenvalue weighted by Crippen LogP contribution is 2.07. The molecule has 0 aliphatic heterocycles. The van der Waals surface area contributed by atoms with E-state index in [9.17, 15) is 4.79 Å². The lowest BCUT2D eigenvalue weighted by molar-refractivity contribution is 0.195. The number of rotatable bonds is 3. The second-order valence-electron chi connectivity index (χ2n) is 3.43. The van der Waals surface area contributed by atoms with Crippen molar-refractivity contribution in [1.82, 2.24) is 9.55 Å². The first-order valence-corrected chi connectivity index (χ1v) is 4.36. The summed E-state index contributed by atoms with van der Waals surface area (Å²) in [5.74, 6) is 1.19. The van der Waals surface area contributed by atoms with Gasteiger partial charge in [0, 0.05) is 18.8 Å².